The van der Waals surface area contributed by atoms with E-state index in [-0.39, 0.29) is 5.91 Å². The Bertz CT molecular complexity index is 550. The SMILES string of the molecule is C[C@H](NC(CCCCCCC1CCNCC1)C(=O)O)C(=O)N1CCC[C@H]1C(=O)O. The standard InChI is InChI=1S/C21H37N3O5/c1-15(19(25)24-14-6-9-18(24)21(28)29)23-17(20(26)27)8-5-3-2-4-7-16-10-12-22-13-11-16/h15-18,22-23H,2-14H2,1H3,(H,26,27)(H,28,29)/t15-,17?,18-/m0/s1. The number of carbonyl (C=O) groups excluding carboxylic acids is 1. The fourth-order valence-electron chi connectivity index (χ4n) is 4.49. The predicted molar refractivity (Wildman–Crippen MR) is 110 cm³/mol. The number of hydrogen-bond donors (Lipinski definition) is 4. The Morgan fingerprint density at radius 1 is 1.07 bits per heavy atom. The summed E-state index contributed by atoms with van der Waals surface area (Å²) in [6.45, 7) is 4.28. The first-order chi connectivity index (χ1) is 13.9. The molecular weight excluding hydrogens is 374 g/mol. The van der Waals surface area contributed by atoms with Gasteiger partial charge < -0.3 is 20.4 Å². The Morgan fingerprint density at radius 3 is 2.41 bits per heavy atom. The van der Waals surface area contributed by atoms with E-state index in [1.807, 2.05) is 0 Å². The predicted octanol–water partition coefficient (Wildman–Crippen LogP) is 1.83. The number of carboxylic acid groups (broad SMARTS) is 2. The van der Waals surface area contributed by atoms with Crippen molar-refractivity contribution in [3.05, 3.63) is 0 Å². The van der Waals surface area contributed by atoms with Crippen LogP contribution in [-0.2, 0) is 14.4 Å². The van der Waals surface area contributed by atoms with Gasteiger partial charge in [-0.1, -0.05) is 32.1 Å². The van der Waals surface area contributed by atoms with Crippen molar-refractivity contribution in [2.75, 3.05) is 19.6 Å². The Kier molecular flexibility index (Phi) is 9.87. The van der Waals surface area contributed by atoms with Crippen LogP contribution < -0.4 is 10.6 Å². The molecule has 0 aliphatic carbocycles. The molecule has 29 heavy (non-hydrogen) atoms. The van der Waals surface area contributed by atoms with Gasteiger partial charge in [0, 0.05) is 6.54 Å². The molecule has 1 amide bonds. The van der Waals surface area contributed by atoms with E-state index in [2.05, 4.69) is 10.6 Å². The molecule has 0 saturated carbocycles. The average Bonchev–Trinajstić information content (AvgIpc) is 3.19. The number of unbranched alkanes of at least 4 members (excludes halogenated alkanes) is 3. The zero-order valence-corrected chi connectivity index (χ0v) is 17.6. The summed E-state index contributed by atoms with van der Waals surface area (Å²) in [4.78, 5) is 36.8. The Hall–Kier alpha value is -1.67. The summed E-state index contributed by atoms with van der Waals surface area (Å²) < 4.78 is 0. The Morgan fingerprint density at radius 2 is 1.76 bits per heavy atom. The van der Waals surface area contributed by atoms with E-state index in [9.17, 15) is 24.6 Å². The lowest BCUT2D eigenvalue weighted by atomic mass is 9.92. The van der Waals surface area contributed by atoms with E-state index in [1.54, 1.807) is 6.92 Å². The number of amides is 1. The van der Waals surface area contributed by atoms with Crippen LogP contribution in [-0.4, -0.2) is 70.7 Å². The van der Waals surface area contributed by atoms with Crippen molar-refractivity contribution < 1.29 is 24.6 Å². The third-order valence-electron chi connectivity index (χ3n) is 6.25. The van der Waals surface area contributed by atoms with E-state index in [4.69, 9.17) is 0 Å². The molecule has 4 N–H and O–H groups in total. The van der Waals surface area contributed by atoms with Gasteiger partial charge in [-0.2, -0.15) is 0 Å². The van der Waals surface area contributed by atoms with Gasteiger partial charge in [0.2, 0.25) is 5.91 Å². The maximum atomic E-state index is 12.6. The first-order valence-electron chi connectivity index (χ1n) is 11.1. The van der Waals surface area contributed by atoms with Gasteiger partial charge in [0.25, 0.3) is 0 Å². The number of likely N-dealkylation sites (tertiary alicyclic amines) is 1. The first kappa shape index (κ1) is 23.6. The average molecular weight is 412 g/mol. The number of hydrogen-bond acceptors (Lipinski definition) is 5. The maximum absolute atomic E-state index is 12.6. The molecule has 0 spiro atoms. The van der Waals surface area contributed by atoms with E-state index in [0.29, 0.717) is 25.8 Å². The minimum Gasteiger partial charge on any atom is -0.480 e. The van der Waals surface area contributed by atoms with E-state index in [1.165, 1.54) is 30.6 Å². The van der Waals surface area contributed by atoms with Crippen molar-refractivity contribution in [2.24, 2.45) is 5.92 Å². The van der Waals surface area contributed by atoms with Gasteiger partial charge in [-0.3, -0.25) is 14.9 Å². The lowest BCUT2D eigenvalue weighted by molar-refractivity contribution is -0.149. The number of rotatable bonds is 12. The molecule has 2 aliphatic rings. The van der Waals surface area contributed by atoms with Crippen LogP contribution in [0.5, 0.6) is 0 Å². The van der Waals surface area contributed by atoms with E-state index >= 15 is 0 Å². The fraction of sp³-hybridized carbons (Fsp3) is 0.857. The second-order valence-electron chi connectivity index (χ2n) is 8.49. The summed E-state index contributed by atoms with van der Waals surface area (Å²) in [7, 11) is 0. The van der Waals surface area contributed by atoms with Crippen molar-refractivity contribution in [3.63, 3.8) is 0 Å². The maximum Gasteiger partial charge on any atom is 0.326 e. The second-order valence-corrected chi connectivity index (χ2v) is 8.49. The van der Waals surface area contributed by atoms with Crippen LogP contribution in [0, 0.1) is 5.92 Å². The number of carboxylic acids is 2. The molecule has 2 saturated heterocycles. The molecule has 166 valence electrons. The largest absolute Gasteiger partial charge is 0.480 e. The van der Waals surface area contributed by atoms with Crippen molar-refractivity contribution in [1.29, 1.82) is 0 Å². The lowest BCUT2D eigenvalue weighted by Gasteiger charge is -2.27. The molecule has 0 radical (unpaired) electrons. The zero-order chi connectivity index (χ0) is 21.2. The van der Waals surface area contributed by atoms with Gasteiger partial charge >= 0.3 is 11.9 Å². The third-order valence-corrected chi connectivity index (χ3v) is 6.25. The molecule has 0 bridgehead atoms. The normalized spacial score (nSPS) is 22.4. The van der Waals surface area contributed by atoms with Crippen LogP contribution in [0.25, 0.3) is 0 Å². The monoisotopic (exact) mass is 411 g/mol. The van der Waals surface area contributed by atoms with Crippen molar-refractivity contribution in [1.82, 2.24) is 15.5 Å². The van der Waals surface area contributed by atoms with Gasteiger partial charge in [0.1, 0.15) is 12.1 Å². The van der Waals surface area contributed by atoms with Crippen molar-refractivity contribution >= 4 is 17.8 Å². The Labute approximate surface area is 173 Å². The van der Waals surface area contributed by atoms with E-state index < -0.39 is 30.1 Å². The molecule has 1 unspecified atom stereocenters. The summed E-state index contributed by atoms with van der Waals surface area (Å²) in [6.07, 6.45) is 9.46. The van der Waals surface area contributed by atoms with Crippen LogP contribution in [0.2, 0.25) is 0 Å². The van der Waals surface area contributed by atoms with Gasteiger partial charge in [-0.25, -0.2) is 4.79 Å². The van der Waals surface area contributed by atoms with Gasteiger partial charge in [-0.05, 0) is 58.0 Å². The quantitative estimate of drug-likeness (QED) is 0.362. The molecule has 8 nitrogen and oxygen atoms in total. The molecule has 2 fully saturated rings. The van der Waals surface area contributed by atoms with Gasteiger partial charge in [0.05, 0.1) is 6.04 Å². The molecule has 0 aromatic carbocycles. The summed E-state index contributed by atoms with van der Waals surface area (Å²) in [6, 6.07) is -2.30. The van der Waals surface area contributed by atoms with Crippen LogP contribution in [0.1, 0.15) is 71.1 Å². The van der Waals surface area contributed by atoms with Gasteiger partial charge in [0.15, 0.2) is 0 Å². The van der Waals surface area contributed by atoms with Crippen LogP contribution in [0.4, 0.5) is 0 Å². The molecule has 2 aliphatic heterocycles. The van der Waals surface area contributed by atoms with E-state index in [0.717, 1.165) is 38.3 Å². The lowest BCUT2D eigenvalue weighted by Crippen LogP contribution is -2.53. The number of nitrogens with one attached hydrogen (secondary N) is 2. The molecule has 2 rings (SSSR count). The molecular formula is C21H37N3O5. The molecule has 2 heterocycles. The zero-order valence-electron chi connectivity index (χ0n) is 17.6. The third kappa shape index (κ3) is 7.59. The first-order valence-corrected chi connectivity index (χ1v) is 11.1. The summed E-state index contributed by atoms with van der Waals surface area (Å²) in [5.74, 6) is -1.46. The minimum atomic E-state index is -0.998. The fourth-order valence-corrected chi connectivity index (χ4v) is 4.49. The smallest absolute Gasteiger partial charge is 0.326 e. The molecule has 8 heteroatoms. The highest BCUT2D eigenvalue weighted by Crippen LogP contribution is 2.21. The minimum absolute atomic E-state index is 0.330. The second kappa shape index (κ2) is 12.1. The van der Waals surface area contributed by atoms with Crippen molar-refractivity contribution in [3.8, 4) is 0 Å². The topological polar surface area (TPSA) is 119 Å². The van der Waals surface area contributed by atoms with Crippen LogP contribution >= 0.6 is 0 Å². The number of piperidine rings is 1. The highest BCUT2D eigenvalue weighted by atomic mass is 16.4. The number of aliphatic carboxylic acids is 2. The van der Waals surface area contributed by atoms with Crippen LogP contribution in [0.15, 0.2) is 0 Å². The van der Waals surface area contributed by atoms with Crippen molar-refractivity contribution in [2.45, 2.75) is 89.3 Å². The summed E-state index contributed by atoms with van der Waals surface area (Å²) >= 11 is 0. The Balaban J connectivity index is 1.68. The molecule has 0 aromatic rings. The van der Waals surface area contributed by atoms with Crippen LogP contribution in [0.3, 0.4) is 0 Å². The highest BCUT2D eigenvalue weighted by molar-refractivity contribution is 5.88. The highest BCUT2D eigenvalue weighted by Gasteiger charge is 2.36. The summed E-state index contributed by atoms with van der Waals surface area (Å²) in [5.41, 5.74) is 0. The molecule has 0 aromatic heterocycles. The summed E-state index contributed by atoms with van der Waals surface area (Å²) in [5, 5.41) is 25.0. The van der Waals surface area contributed by atoms with Gasteiger partial charge in [-0.15, -0.1) is 0 Å². The number of nitrogens with zero attached hydrogens (tertiary/aromatic N) is 1. The number of carbonyl (C=O) groups is 3. The molecule has 3 atom stereocenters.